The predicted molar refractivity (Wildman–Crippen MR) is 261 cm³/mol. The number of rotatable bonds is 3. The molecule has 0 fully saturated rings. The first-order valence-corrected chi connectivity index (χ1v) is 21.9. The molecule has 0 atom stereocenters. The lowest BCUT2D eigenvalue weighted by molar-refractivity contribution is 1.08. The molecule has 0 saturated heterocycles. The van der Waals surface area contributed by atoms with Gasteiger partial charge in [0.2, 0.25) is 0 Å². The van der Waals surface area contributed by atoms with E-state index in [1.54, 1.807) is 11.3 Å². The summed E-state index contributed by atoms with van der Waals surface area (Å²) in [6.07, 6.45) is 0. The molecule has 15 aromatic rings. The summed E-state index contributed by atoms with van der Waals surface area (Å²) < 4.78 is 8.53. The van der Waals surface area contributed by atoms with Crippen molar-refractivity contribution in [1.82, 2.24) is 23.5 Å². The summed E-state index contributed by atoms with van der Waals surface area (Å²) in [5.41, 5.74) is 10.4. The second-order valence-electron chi connectivity index (χ2n) is 16.5. The molecule has 286 valence electrons. The molecule has 15 rings (SSSR count). The lowest BCUT2D eigenvalue weighted by atomic mass is 10.00. The molecular formula is C56H31N5S. The Morgan fingerprint density at radius 2 is 1.02 bits per heavy atom. The monoisotopic (exact) mass is 805 g/mol. The number of thiophene rings is 1. The van der Waals surface area contributed by atoms with Crippen molar-refractivity contribution in [3.63, 3.8) is 0 Å². The van der Waals surface area contributed by atoms with Crippen LogP contribution in [0.25, 0.3) is 136 Å². The molecule has 0 aliphatic heterocycles. The van der Waals surface area contributed by atoms with Crippen LogP contribution in [0.5, 0.6) is 0 Å². The summed E-state index contributed by atoms with van der Waals surface area (Å²) in [6.45, 7) is 0. The summed E-state index contributed by atoms with van der Waals surface area (Å²) in [4.78, 5) is 12.1. The van der Waals surface area contributed by atoms with E-state index in [4.69, 9.17) is 9.97 Å². The Morgan fingerprint density at radius 3 is 1.85 bits per heavy atom. The van der Waals surface area contributed by atoms with E-state index in [2.05, 4.69) is 202 Å². The van der Waals surface area contributed by atoms with E-state index < -0.39 is 0 Å². The Bertz CT molecular complexity index is 4390. The fraction of sp³-hybridized carbons (Fsp3) is 0. The van der Waals surface area contributed by atoms with Gasteiger partial charge in [0.05, 0.1) is 44.0 Å². The van der Waals surface area contributed by atoms with Crippen LogP contribution in [-0.4, -0.2) is 23.5 Å². The summed E-state index contributed by atoms with van der Waals surface area (Å²) in [5.74, 6) is 1.60. The van der Waals surface area contributed by atoms with Crippen molar-refractivity contribution in [3.8, 4) is 22.9 Å². The van der Waals surface area contributed by atoms with E-state index in [9.17, 15) is 0 Å². The fourth-order valence-electron chi connectivity index (χ4n) is 10.9. The average molecular weight is 806 g/mol. The molecular weight excluding hydrogens is 775 g/mol. The van der Waals surface area contributed by atoms with Crippen LogP contribution in [-0.2, 0) is 0 Å². The number of hydrogen-bond donors (Lipinski definition) is 0. The molecule has 0 bridgehead atoms. The van der Waals surface area contributed by atoms with Gasteiger partial charge in [-0.2, -0.15) is 0 Å². The molecule has 0 aliphatic carbocycles. The third kappa shape index (κ3) is 4.12. The number of fused-ring (bicyclic) bond motifs is 18. The molecule has 0 amide bonds. The largest absolute Gasteiger partial charge is 0.309 e. The number of nitrogens with zero attached hydrogens (tertiary/aromatic N) is 5. The van der Waals surface area contributed by atoms with E-state index in [1.807, 2.05) is 0 Å². The Morgan fingerprint density at radius 1 is 0.371 bits per heavy atom. The lowest BCUT2D eigenvalue weighted by Gasteiger charge is -2.12. The standard InChI is InChI=1S/C56H31N5S/c1-2-15-34(16-3-1)59-43-22-10-6-18-36(43)38-28-27-33(30-46(38)59)54-57-55(51-40-21-9-13-25-48(40)62-56(51)58-54)60-45-24-12-8-20-39(45)49-47(60)31-42-37-19-7-11-23-44(37)61-52-35-17-5-4-14-32(35)26-29-41(52)50(49)53(42)61/h1-31H. The van der Waals surface area contributed by atoms with Crippen LogP contribution < -0.4 is 0 Å². The van der Waals surface area contributed by atoms with Crippen molar-refractivity contribution in [2.24, 2.45) is 0 Å². The van der Waals surface area contributed by atoms with Gasteiger partial charge in [-0.15, -0.1) is 11.3 Å². The number of aromatic nitrogens is 5. The number of para-hydroxylation sites is 4. The zero-order chi connectivity index (χ0) is 40.2. The summed E-state index contributed by atoms with van der Waals surface area (Å²) in [5, 5.41) is 14.6. The van der Waals surface area contributed by atoms with Gasteiger partial charge in [-0.25, -0.2) is 9.97 Å². The molecule has 6 heterocycles. The first-order chi connectivity index (χ1) is 30.8. The van der Waals surface area contributed by atoms with Gasteiger partial charge in [-0.3, -0.25) is 4.57 Å². The average Bonchev–Trinajstić information content (AvgIpc) is 4.13. The van der Waals surface area contributed by atoms with Crippen LogP contribution in [0.1, 0.15) is 0 Å². The second kappa shape index (κ2) is 11.8. The highest BCUT2D eigenvalue weighted by Crippen LogP contribution is 2.49. The third-order valence-electron chi connectivity index (χ3n) is 13.4. The maximum atomic E-state index is 5.73. The lowest BCUT2D eigenvalue weighted by Crippen LogP contribution is -2.02. The van der Waals surface area contributed by atoms with E-state index in [-0.39, 0.29) is 0 Å². The maximum absolute atomic E-state index is 5.73. The molecule has 5 nitrogen and oxygen atoms in total. The zero-order valence-corrected chi connectivity index (χ0v) is 33.9. The van der Waals surface area contributed by atoms with E-state index in [0.717, 1.165) is 43.8 Å². The topological polar surface area (TPSA) is 40.0 Å². The van der Waals surface area contributed by atoms with Crippen molar-refractivity contribution in [2.45, 2.75) is 0 Å². The summed E-state index contributed by atoms with van der Waals surface area (Å²) in [6, 6.07) is 68.4. The molecule has 0 spiro atoms. The second-order valence-corrected chi connectivity index (χ2v) is 17.5. The maximum Gasteiger partial charge on any atom is 0.163 e. The van der Waals surface area contributed by atoms with E-state index in [1.165, 1.54) is 86.0 Å². The van der Waals surface area contributed by atoms with Crippen LogP contribution in [0.15, 0.2) is 188 Å². The molecule has 0 aliphatic rings. The highest BCUT2D eigenvalue weighted by atomic mass is 32.1. The Hall–Kier alpha value is -8.06. The minimum absolute atomic E-state index is 0.704. The molecule has 0 radical (unpaired) electrons. The first-order valence-electron chi connectivity index (χ1n) is 21.1. The van der Waals surface area contributed by atoms with Crippen LogP contribution >= 0.6 is 11.3 Å². The van der Waals surface area contributed by atoms with Crippen molar-refractivity contribution >= 4 is 124 Å². The third-order valence-corrected chi connectivity index (χ3v) is 14.4. The number of hydrogen-bond acceptors (Lipinski definition) is 3. The predicted octanol–water partition coefficient (Wildman–Crippen LogP) is 15.0. The zero-order valence-electron chi connectivity index (χ0n) is 33.0. The van der Waals surface area contributed by atoms with Crippen LogP contribution in [0.4, 0.5) is 0 Å². The van der Waals surface area contributed by atoms with Gasteiger partial charge in [-0.05, 0) is 53.9 Å². The van der Waals surface area contributed by atoms with Crippen molar-refractivity contribution in [3.05, 3.63) is 188 Å². The molecule has 6 aromatic heterocycles. The van der Waals surface area contributed by atoms with Gasteiger partial charge < -0.3 is 8.97 Å². The Labute approximate surface area is 356 Å². The van der Waals surface area contributed by atoms with Gasteiger partial charge >= 0.3 is 0 Å². The van der Waals surface area contributed by atoms with Gasteiger partial charge in [0.1, 0.15) is 4.83 Å². The van der Waals surface area contributed by atoms with Crippen molar-refractivity contribution < 1.29 is 0 Å². The van der Waals surface area contributed by atoms with E-state index >= 15 is 0 Å². The SMILES string of the molecule is c1ccc(-n2c3ccccc3c3ccc(-c4nc(-n5c6ccccc6c6c7c8ccc9ccccc9c8n8c9ccccc9c(cc65)c78)c5c(n4)sc4ccccc45)cc32)cc1. The van der Waals surface area contributed by atoms with Crippen LogP contribution in [0, 0.1) is 0 Å². The van der Waals surface area contributed by atoms with Crippen molar-refractivity contribution in [1.29, 1.82) is 0 Å². The Kier molecular flexibility index (Phi) is 6.24. The highest BCUT2D eigenvalue weighted by Gasteiger charge is 2.27. The van der Waals surface area contributed by atoms with E-state index in [0.29, 0.717) is 5.82 Å². The first kappa shape index (κ1) is 32.8. The number of benzene rings is 9. The van der Waals surface area contributed by atoms with Gasteiger partial charge in [-0.1, -0.05) is 140 Å². The van der Waals surface area contributed by atoms with Crippen LogP contribution in [0.2, 0.25) is 0 Å². The normalized spacial score (nSPS) is 12.5. The molecule has 0 unspecified atom stereocenters. The quantitative estimate of drug-likeness (QED) is 0.178. The minimum atomic E-state index is 0.704. The highest BCUT2D eigenvalue weighted by molar-refractivity contribution is 7.25. The molecule has 6 heteroatoms. The smallest absolute Gasteiger partial charge is 0.163 e. The summed E-state index contributed by atoms with van der Waals surface area (Å²) in [7, 11) is 0. The minimum Gasteiger partial charge on any atom is -0.309 e. The van der Waals surface area contributed by atoms with Gasteiger partial charge in [0.25, 0.3) is 0 Å². The Balaban J connectivity index is 1.10. The molecule has 0 N–H and O–H groups in total. The fourth-order valence-corrected chi connectivity index (χ4v) is 11.9. The van der Waals surface area contributed by atoms with Crippen LogP contribution in [0.3, 0.4) is 0 Å². The molecule has 0 saturated carbocycles. The molecule has 62 heavy (non-hydrogen) atoms. The summed E-state index contributed by atoms with van der Waals surface area (Å²) >= 11 is 1.74. The van der Waals surface area contributed by atoms with Gasteiger partial charge in [0, 0.05) is 69.8 Å². The molecule has 9 aromatic carbocycles. The van der Waals surface area contributed by atoms with Crippen molar-refractivity contribution in [2.75, 3.05) is 0 Å². The van der Waals surface area contributed by atoms with Gasteiger partial charge in [0.15, 0.2) is 11.6 Å².